The number of imide groups is 1. The number of urea groups is 1. The molecule has 1 fully saturated rings. The minimum absolute atomic E-state index is 0.0428. The highest BCUT2D eigenvalue weighted by atomic mass is 16.5. The maximum atomic E-state index is 12.8. The number of hydrogen-bond donors (Lipinski definition) is 2. The number of methoxy groups -OCH3 is 1. The van der Waals surface area contributed by atoms with Gasteiger partial charge in [0.15, 0.2) is 0 Å². The van der Waals surface area contributed by atoms with Crippen molar-refractivity contribution in [2.45, 2.75) is 45.2 Å². The molecule has 1 unspecified atom stereocenters. The zero-order valence-corrected chi connectivity index (χ0v) is 15.1. The van der Waals surface area contributed by atoms with Crippen LogP contribution in [0.5, 0.6) is 5.75 Å². The summed E-state index contributed by atoms with van der Waals surface area (Å²) in [6, 6.07) is 6.38. The number of rotatable bonds is 7. The van der Waals surface area contributed by atoms with Crippen LogP contribution >= 0.6 is 0 Å². The Morgan fingerprint density at radius 3 is 2.36 bits per heavy atom. The van der Waals surface area contributed by atoms with E-state index in [0.717, 1.165) is 17.7 Å². The quantitative estimate of drug-likeness (QED) is 0.736. The highest BCUT2D eigenvalue weighted by molar-refractivity contribution is 6.09. The standard InChI is InChI=1S/C18H25N3O4/c1-5-13(6-2)19-15(22)11-21-16(23)18(3,20-17(21)24)12-7-9-14(25-4)10-8-12/h7-10,13H,5-6,11H2,1-4H3,(H,19,22)(H,20,24). The first-order chi connectivity index (χ1) is 11.8. The van der Waals surface area contributed by atoms with Crippen LogP contribution in [0.1, 0.15) is 39.2 Å². The molecule has 1 heterocycles. The molecule has 0 aromatic heterocycles. The second kappa shape index (κ2) is 7.55. The highest BCUT2D eigenvalue weighted by Gasteiger charge is 2.49. The normalized spacial score (nSPS) is 20.0. The number of ether oxygens (including phenoxy) is 1. The van der Waals surface area contributed by atoms with Crippen LogP contribution in [0.4, 0.5) is 4.79 Å². The van der Waals surface area contributed by atoms with Gasteiger partial charge in [0, 0.05) is 6.04 Å². The van der Waals surface area contributed by atoms with Gasteiger partial charge in [0.2, 0.25) is 5.91 Å². The lowest BCUT2D eigenvalue weighted by molar-refractivity contribution is -0.135. The number of benzene rings is 1. The fourth-order valence-electron chi connectivity index (χ4n) is 2.87. The van der Waals surface area contributed by atoms with Gasteiger partial charge in [-0.25, -0.2) is 4.79 Å². The summed E-state index contributed by atoms with van der Waals surface area (Å²) in [5, 5.41) is 5.52. The Morgan fingerprint density at radius 2 is 1.84 bits per heavy atom. The third-order valence-electron chi connectivity index (χ3n) is 4.59. The summed E-state index contributed by atoms with van der Waals surface area (Å²) in [4.78, 5) is 38.1. The Hall–Kier alpha value is -2.57. The van der Waals surface area contributed by atoms with Crippen molar-refractivity contribution >= 4 is 17.8 Å². The molecule has 25 heavy (non-hydrogen) atoms. The maximum Gasteiger partial charge on any atom is 0.325 e. The summed E-state index contributed by atoms with van der Waals surface area (Å²) < 4.78 is 5.11. The predicted molar refractivity (Wildman–Crippen MR) is 93.1 cm³/mol. The number of carbonyl (C=O) groups excluding carboxylic acids is 3. The zero-order valence-electron chi connectivity index (χ0n) is 15.1. The summed E-state index contributed by atoms with van der Waals surface area (Å²) >= 11 is 0. The van der Waals surface area contributed by atoms with Crippen LogP contribution in [0, 0.1) is 0 Å². The molecule has 0 radical (unpaired) electrons. The topological polar surface area (TPSA) is 87.7 Å². The molecule has 1 aliphatic rings. The van der Waals surface area contributed by atoms with Gasteiger partial charge in [0.25, 0.3) is 5.91 Å². The molecule has 1 aromatic carbocycles. The summed E-state index contributed by atoms with van der Waals surface area (Å²) in [6.07, 6.45) is 1.60. The second-order valence-corrected chi connectivity index (χ2v) is 6.26. The van der Waals surface area contributed by atoms with Gasteiger partial charge < -0.3 is 15.4 Å². The van der Waals surface area contributed by atoms with Crippen LogP contribution in [0.25, 0.3) is 0 Å². The van der Waals surface area contributed by atoms with Crippen molar-refractivity contribution in [2.24, 2.45) is 0 Å². The van der Waals surface area contributed by atoms with E-state index in [1.54, 1.807) is 38.3 Å². The molecule has 136 valence electrons. The van der Waals surface area contributed by atoms with Gasteiger partial charge in [-0.3, -0.25) is 14.5 Å². The van der Waals surface area contributed by atoms with Crippen molar-refractivity contribution in [1.82, 2.24) is 15.5 Å². The van der Waals surface area contributed by atoms with E-state index in [0.29, 0.717) is 11.3 Å². The van der Waals surface area contributed by atoms with Crippen LogP contribution < -0.4 is 15.4 Å². The van der Waals surface area contributed by atoms with Gasteiger partial charge in [-0.05, 0) is 37.5 Å². The van der Waals surface area contributed by atoms with E-state index in [4.69, 9.17) is 4.74 Å². The smallest absolute Gasteiger partial charge is 0.325 e. The molecule has 0 spiro atoms. The van der Waals surface area contributed by atoms with E-state index >= 15 is 0 Å². The molecule has 2 N–H and O–H groups in total. The third kappa shape index (κ3) is 3.75. The van der Waals surface area contributed by atoms with Crippen molar-refractivity contribution in [3.63, 3.8) is 0 Å². The van der Waals surface area contributed by atoms with Gasteiger partial charge in [-0.1, -0.05) is 26.0 Å². The van der Waals surface area contributed by atoms with Crippen molar-refractivity contribution in [2.75, 3.05) is 13.7 Å². The van der Waals surface area contributed by atoms with Crippen LogP contribution in [0.3, 0.4) is 0 Å². The maximum absolute atomic E-state index is 12.8. The molecule has 1 aromatic rings. The number of hydrogen-bond acceptors (Lipinski definition) is 4. The Morgan fingerprint density at radius 1 is 1.24 bits per heavy atom. The van der Waals surface area contributed by atoms with Gasteiger partial charge >= 0.3 is 6.03 Å². The van der Waals surface area contributed by atoms with Gasteiger partial charge in [0.05, 0.1) is 7.11 Å². The number of carbonyl (C=O) groups is 3. The van der Waals surface area contributed by atoms with Gasteiger partial charge in [0.1, 0.15) is 17.8 Å². The summed E-state index contributed by atoms with van der Waals surface area (Å²) in [7, 11) is 1.55. The minimum Gasteiger partial charge on any atom is -0.497 e. The SMILES string of the molecule is CCC(CC)NC(=O)CN1C(=O)NC(C)(c2ccc(OC)cc2)C1=O. The lowest BCUT2D eigenvalue weighted by atomic mass is 9.92. The Kier molecular flexibility index (Phi) is 5.66. The van der Waals surface area contributed by atoms with Crippen molar-refractivity contribution in [1.29, 1.82) is 0 Å². The van der Waals surface area contributed by atoms with Crippen molar-refractivity contribution in [3.05, 3.63) is 29.8 Å². The van der Waals surface area contributed by atoms with E-state index in [9.17, 15) is 14.4 Å². The average Bonchev–Trinajstić information content (AvgIpc) is 2.83. The number of nitrogens with one attached hydrogen (secondary N) is 2. The Balaban J connectivity index is 2.14. The lowest BCUT2D eigenvalue weighted by Gasteiger charge is -2.22. The largest absolute Gasteiger partial charge is 0.497 e. The molecule has 1 atom stereocenters. The lowest BCUT2D eigenvalue weighted by Crippen LogP contribution is -2.45. The van der Waals surface area contributed by atoms with Crippen molar-refractivity contribution in [3.8, 4) is 5.75 Å². The minimum atomic E-state index is -1.20. The molecule has 4 amide bonds. The highest BCUT2D eigenvalue weighted by Crippen LogP contribution is 2.29. The third-order valence-corrected chi connectivity index (χ3v) is 4.59. The van der Waals surface area contributed by atoms with Gasteiger partial charge in [-0.2, -0.15) is 0 Å². The zero-order chi connectivity index (χ0) is 18.6. The molecule has 7 nitrogen and oxygen atoms in total. The molecule has 7 heteroatoms. The van der Waals surface area contributed by atoms with E-state index < -0.39 is 17.5 Å². The molecule has 0 aliphatic carbocycles. The van der Waals surface area contributed by atoms with Crippen LogP contribution in [-0.2, 0) is 15.1 Å². The Labute approximate surface area is 147 Å². The molecule has 1 aliphatic heterocycles. The molecular formula is C18H25N3O4. The van der Waals surface area contributed by atoms with E-state index in [1.807, 2.05) is 13.8 Å². The fraction of sp³-hybridized carbons (Fsp3) is 0.500. The average molecular weight is 347 g/mol. The second-order valence-electron chi connectivity index (χ2n) is 6.26. The molecule has 0 saturated carbocycles. The van der Waals surface area contributed by atoms with E-state index in [2.05, 4.69) is 10.6 Å². The summed E-state index contributed by atoms with van der Waals surface area (Å²) in [6.45, 7) is 5.30. The van der Waals surface area contributed by atoms with Crippen LogP contribution in [0.2, 0.25) is 0 Å². The van der Waals surface area contributed by atoms with E-state index in [1.165, 1.54) is 0 Å². The van der Waals surface area contributed by atoms with Gasteiger partial charge in [-0.15, -0.1) is 0 Å². The first kappa shape index (κ1) is 18.8. The van der Waals surface area contributed by atoms with E-state index in [-0.39, 0.29) is 18.5 Å². The monoisotopic (exact) mass is 347 g/mol. The summed E-state index contributed by atoms with van der Waals surface area (Å²) in [5.74, 6) is -0.121. The molecular weight excluding hydrogens is 322 g/mol. The molecule has 2 rings (SSSR count). The number of amides is 4. The van der Waals surface area contributed by atoms with Crippen LogP contribution in [-0.4, -0.2) is 42.4 Å². The molecule has 1 saturated heterocycles. The van der Waals surface area contributed by atoms with Crippen molar-refractivity contribution < 1.29 is 19.1 Å². The van der Waals surface area contributed by atoms with Crippen LogP contribution in [0.15, 0.2) is 24.3 Å². The molecule has 0 bridgehead atoms. The number of nitrogens with zero attached hydrogens (tertiary/aromatic N) is 1. The first-order valence-corrected chi connectivity index (χ1v) is 8.43. The fourth-order valence-corrected chi connectivity index (χ4v) is 2.87. The predicted octanol–water partition coefficient (Wildman–Crippen LogP) is 1.77. The first-order valence-electron chi connectivity index (χ1n) is 8.43. The summed E-state index contributed by atoms with van der Waals surface area (Å²) in [5.41, 5.74) is -0.562. The Bertz CT molecular complexity index is 655.